The molecule has 0 aliphatic rings. The van der Waals surface area contributed by atoms with Crippen LogP contribution in [0.5, 0.6) is 11.5 Å². The number of rotatable bonds is 4. The second kappa shape index (κ2) is 6.10. The number of aliphatic hydroxyl groups is 1. The molecule has 3 aromatic rings. The van der Waals surface area contributed by atoms with E-state index in [2.05, 4.69) is 5.10 Å². The van der Waals surface area contributed by atoms with Crippen LogP contribution in [0.1, 0.15) is 5.56 Å². The van der Waals surface area contributed by atoms with Crippen molar-refractivity contribution in [2.75, 3.05) is 7.11 Å². The Balaban J connectivity index is 2.12. The maximum atomic E-state index is 13.9. The summed E-state index contributed by atoms with van der Waals surface area (Å²) in [6.07, 6.45) is 1.58. The first kappa shape index (κ1) is 15.1. The van der Waals surface area contributed by atoms with Gasteiger partial charge in [-0.15, -0.1) is 0 Å². The second-order valence-corrected chi connectivity index (χ2v) is 4.94. The molecule has 0 fully saturated rings. The number of hydrogen-bond donors (Lipinski definition) is 2. The van der Waals surface area contributed by atoms with Crippen LogP contribution in [0.2, 0.25) is 0 Å². The average Bonchev–Trinajstić information content (AvgIpc) is 3.00. The zero-order valence-corrected chi connectivity index (χ0v) is 12.4. The van der Waals surface area contributed by atoms with E-state index in [1.165, 1.54) is 23.9 Å². The van der Waals surface area contributed by atoms with Crippen LogP contribution < -0.4 is 4.74 Å². The first-order valence-electron chi connectivity index (χ1n) is 6.95. The van der Waals surface area contributed by atoms with Gasteiger partial charge in [0.05, 0.1) is 19.4 Å². The van der Waals surface area contributed by atoms with Gasteiger partial charge in [0, 0.05) is 17.3 Å². The topological polar surface area (TPSA) is 67.5 Å². The summed E-state index contributed by atoms with van der Waals surface area (Å²) in [5.41, 5.74) is 1.98. The van der Waals surface area contributed by atoms with Gasteiger partial charge in [0.2, 0.25) is 0 Å². The average molecular weight is 314 g/mol. The molecule has 118 valence electrons. The van der Waals surface area contributed by atoms with Gasteiger partial charge in [-0.2, -0.15) is 5.10 Å². The van der Waals surface area contributed by atoms with Gasteiger partial charge >= 0.3 is 0 Å². The summed E-state index contributed by atoms with van der Waals surface area (Å²) in [5.74, 6) is -0.100. The molecule has 0 spiro atoms. The van der Waals surface area contributed by atoms with E-state index in [-0.39, 0.29) is 12.4 Å². The van der Waals surface area contributed by atoms with E-state index in [1.54, 1.807) is 36.5 Å². The summed E-state index contributed by atoms with van der Waals surface area (Å²) in [7, 11) is 1.45. The molecule has 1 heterocycles. The van der Waals surface area contributed by atoms with Crippen LogP contribution >= 0.6 is 0 Å². The Hall–Kier alpha value is -2.86. The lowest BCUT2D eigenvalue weighted by Gasteiger charge is -2.06. The Bertz CT molecular complexity index is 846. The Labute approximate surface area is 132 Å². The lowest BCUT2D eigenvalue weighted by atomic mass is 10.1. The minimum absolute atomic E-state index is 0.00957. The lowest BCUT2D eigenvalue weighted by molar-refractivity contribution is 0.282. The number of halogens is 1. The van der Waals surface area contributed by atoms with E-state index < -0.39 is 5.82 Å². The number of methoxy groups -OCH3 is 1. The molecule has 0 saturated heterocycles. The smallest absolute Gasteiger partial charge is 0.161 e. The number of aliphatic hydroxyl groups excluding tert-OH is 1. The van der Waals surface area contributed by atoms with Crippen molar-refractivity contribution in [3.63, 3.8) is 0 Å². The van der Waals surface area contributed by atoms with E-state index in [4.69, 9.17) is 4.74 Å². The van der Waals surface area contributed by atoms with Gasteiger partial charge < -0.3 is 14.9 Å². The summed E-state index contributed by atoms with van der Waals surface area (Å²) < 4.78 is 20.4. The Kier molecular flexibility index (Phi) is 3.99. The zero-order chi connectivity index (χ0) is 16.4. The number of nitrogens with zero attached hydrogens (tertiary/aromatic N) is 2. The van der Waals surface area contributed by atoms with Crippen molar-refractivity contribution in [1.82, 2.24) is 9.78 Å². The van der Waals surface area contributed by atoms with Crippen LogP contribution in [0.4, 0.5) is 4.39 Å². The van der Waals surface area contributed by atoms with E-state index >= 15 is 0 Å². The van der Waals surface area contributed by atoms with Crippen LogP contribution in [0.3, 0.4) is 0 Å². The van der Waals surface area contributed by atoms with E-state index in [1.807, 2.05) is 0 Å². The molecule has 2 aromatic carbocycles. The summed E-state index contributed by atoms with van der Waals surface area (Å²) >= 11 is 0. The van der Waals surface area contributed by atoms with Crippen molar-refractivity contribution in [3.05, 3.63) is 60.0 Å². The van der Waals surface area contributed by atoms with Crippen molar-refractivity contribution < 1.29 is 19.3 Å². The van der Waals surface area contributed by atoms with Gasteiger partial charge in [-0.25, -0.2) is 9.07 Å². The minimum Gasteiger partial charge on any atom is -0.504 e. The molecular formula is C17H15FN2O3. The van der Waals surface area contributed by atoms with E-state index in [9.17, 15) is 14.6 Å². The second-order valence-electron chi connectivity index (χ2n) is 4.94. The molecule has 0 aliphatic heterocycles. The normalized spacial score (nSPS) is 10.7. The van der Waals surface area contributed by atoms with Crippen LogP contribution in [0.25, 0.3) is 16.9 Å². The summed E-state index contributed by atoms with van der Waals surface area (Å²) in [4.78, 5) is 0. The molecule has 0 atom stereocenters. The fourth-order valence-corrected chi connectivity index (χ4v) is 2.35. The van der Waals surface area contributed by atoms with Crippen LogP contribution in [-0.2, 0) is 6.61 Å². The third-order valence-electron chi connectivity index (χ3n) is 3.51. The Morgan fingerprint density at radius 3 is 2.70 bits per heavy atom. The molecular weight excluding hydrogens is 299 g/mol. The zero-order valence-electron chi connectivity index (χ0n) is 12.4. The molecule has 0 unspecified atom stereocenters. The molecule has 1 aromatic heterocycles. The highest BCUT2D eigenvalue weighted by Crippen LogP contribution is 2.32. The van der Waals surface area contributed by atoms with Gasteiger partial charge in [-0.1, -0.05) is 12.1 Å². The van der Waals surface area contributed by atoms with Crippen LogP contribution in [-0.4, -0.2) is 27.1 Å². The highest BCUT2D eigenvalue weighted by molar-refractivity contribution is 5.66. The molecule has 6 heteroatoms. The van der Waals surface area contributed by atoms with Gasteiger partial charge in [-0.05, 0) is 30.3 Å². The summed E-state index contributed by atoms with van der Waals surface area (Å²) in [6, 6.07) is 11.0. The molecule has 3 rings (SSSR count). The predicted octanol–water partition coefficient (Wildman–Crippen LogP) is 2.88. The Morgan fingerprint density at radius 1 is 1.22 bits per heavy atom. The van der Waals surface area contributed by atoms with Crippen molar-refractivity contribution in [1.29, 1.82) is 0 Å². The minimum atomic E-state index is -0.408. The summed E-state index contributed by atoms with van der Waals surface area (Å²) in [6.45, 7) is -0.243. The third kappa shape index (κ3) is 2.76. The number of ether oxygens (including phenoxy) is 1. The molecule has 0 saturated carbocycles. The molecule has 5 nitrogen and oxygen atoms in total. The largest absolute Gasteiger partial charge is 0.504 e. The molecule has 0 radical (unpaired) electrons. The van der Waals surface area contributed by atoms with Crippen molar-refractivity contribution in [2.45, 2.75) is 6.61 Å². The van der Waals surface area contributed by atoms with Crippen LogP contribution in [0.15, 0.2) is 48.7 Å². The van der Waals surface area contributed by atoms with Crippen molar-refractivity contribution in [3.8, 4) is 28.4 Å². The van der Waals surface area contributed by atoms with E-state index in [0.29, 0.717) is 28.3 Å². The molecule has 23 heavy (non-hydrogen) atoms. The van der Waals surface area contributed by atoms with Gasteiger partial charge in [0.1, 0.15) is 11.5 Å². The van der Waals surface area contributed by atoms with Gasteiger partial charge in [0.25, 0.3) is 0 Å². The molecule has 0 amide bonds. The predicted molar refractivity (Wildman–Crippen MR) is 83.1 cm³/mol. The van der Waals surface area contributed by atoms with Gasteiger partial charge in [0.15, 0.2) is 11.5 Å². The highest BCUT2D eigenvalue weighted by atomic mass is 19.1. The number of hydrogen-bond acceptors (Lipinski definition) is 4. The monoisotopic (exact) mass is 314 g/mol. The molecule has 0 aliphatic carbocycles. The Morgan fingerprint density at radius 2 is 2.00 bits per heavy atom. The lowest BCUT2D eigenvalue weighted by Crippen LogP contribution is -1.98. The fraction of sp³-hybridized carbons (Fsp3) is 0.118. The van der Waals surface area contributed by atoms with Crippen molar-refractivity contribution in [2.24, 2.45) is 0 Å². The van der Waals surface area contributed by atoms with Crippen molar-refractivity contribution >= 4 is 0 Å². The van der Waals surface area contributed by atoms with Crippen LogP contribution in [0, 0.1) is 5.82 Å². The maximum Gasteiger partial charge on any atom is 0.161 e. The number of aromatic nitrogens is 2. The number of aromatic hydroxyl groups is 1. The quantitative estimate of drug-likeness (QED) is 0.777. The molecule has 0 bridgehead atoms. The highest BCUT2D eigenvalue weighted by Gasteiger charge is 2.15. The number of benzene rings is 2. The first-order chi connectivity index (χ1) is 11.1. The number of phenolic OH excluding ortho intramolecular Hbond substituents is 1. The first-order valence-corrected chi connectivity index (χ1v) is 6.95. The number of phenols is 1. The standard InChI is InChI=1S/C17H15FN2O3/c1-23-16-8-11(6-7-15(16)22)17-12(10-21)9-20(19-17)14-5-3-2-4-13(14)18/h2-9,21-22H,10H2,1H3. The van der Waals surface area contributed by atoms with E-state index in [0.717, 1.165) is 0 Å². The van der Waals surface area contributed by atoms with Gasteiger partial charge in [-0.3, -0.25) is 0 Å². The maximum absolute atomic E-state index is 13.9. The third-order valence-corrected chi connectivity index (χ3v) is 3.51. The SMILES string of the molecule is COc1cc(-c2nn(-c3ccccc3F)cc2CO)ccc1O. The fourth-order valence-electron chi connectivity index (χ4n) is 2.35. The number of para-hydroxylation sites is 1. The summed E-state index contributed by atoms with van der Waals surface area (Å²) in [5, 5.41) is 23.6. The molecule has 2 N–H and O–H groups in total.